The highest BCUT2D eigenvalue weighted by atomic mass is 19.4. The summed E-state index contributed by atoms with van der Waals surface area (Å²) in [6.07, 6.45) is -7.85. The number of hydrogen-bond acceptors (Lipinski definition) is 3. The van der Waals surface area contributed by atoms with Gasteiger partial charge in [-0.25, -0.2) is 9.78 Å². The van der Waals surface area contributed by atoms with Gasteiger partial charge in [0.2, 0.25) is 0 Å². The highest BCUT2D eigenvalue weighted by Gasteiger charge is 2.38. The summed E-state index contributed by atoms with van der Waals surface area (Å²) in [6, 6.07) is 4.52. The van der Waals surface area contributed by atoms with Crippen molar-refractivity contribution in [3.63, 3.8) is 0 Å². The lowest BCUT2D eigenvalue weighted by Gasteiger charge is -2.40. The van der Waals surface area contributed by atoms with Crippen molar-refractivity contribution in [2.75, 3.05) is 29.9 Å². The number of alkyl halides is 6. The third-order valence-corrected chi connectivity index (χ3v) is 5.07. The van der Waals surface area contributed by atoms with E-state index in [-0.39, 0.29) is 44.1 Å². The van der Waals surface area contributed by atoms with Gasteiger partial charge in [-0.3, -0.25) is 0 Å². The van der Waals surface area contributed by atoms with Crippen LogP contribution in [0.4, 0.5) is 42.6 Å². The quantitative estimate of drug-likeness (QED) is 0.574. The number of urea groups is 1. The average Bonchev–Trinajstić information content (AvgIpc) is 2.67. The summed E-state index contributed by atoms with van der Waals surface area (Å²) in [4.78, 5) is 19.3. The Bertz CT molecular complexity index is 960. The molecule has 0 aliphatic carbocycles. The maximum absolute atomic E-state index is 13.3. The van der Waals surface area contributed by atoms with E-state index in [1.807, 2.05) is 0 Å². The van der Waals surface area contributed by atoms with Gasteiger partial charge < -0.3 is 15.1 Å². The Balaban J connectivity index is 0.00000363. The predicted octanol–water partition coefficient (Wildman–Crippen LogP) is 5.81. The molecule has 1 fully saturated rings. The van der Waals surface area contributed by atoms with E-state index in [0.29, 0.717) is 0 Å². The molecule has 1 N–H and O–H groups in total. The van der Waals surface area contributed by atoms with Gasteiger partial charge in [0, 0.05) is 37.6 Å². The monoisotopic (exact) mass is 462 g/mol. The molecule has 2 heterocycles. The Morgan fingerprint density at radius 3 is 2.31 bits per heavy atom. The third kappa shape index (κ3) is 5.43. The van der Waals surface area contributed by atoms with Crippen LogP contribution in [0.1, 0.15) is 31.0 Å². The van der Waals surface area contributed by atoms with Gasteiger partial charge in [0.1, 0.15) is 5.82 Å². The van der Waals surface area contributed by atoms with Crippen LogP contribution in [0.5, 0.6) is 0 Å². The number of hydrogen-bond donors (Lipinski definition) is 1. The van der Waals surface area contributed by atoms with Gasteiger partial charge in [-0.05, 0) is 43.7 Å². The summed E-state index contributed by atoms with van der Waals surface area (Å²) >= 11 is 0. The molecule has 1 atom stereocenters. The number of nitrogens with zero attached hydrogens (tertiary/aromatic N) is 3. The number of aryl methyl sites for hydroxylation is 1. The van der Waals surface area contributed by atoms with Gasteiger partial charge in [0.25, 0.3) is 0 Å². The molecule has 176 valence electrons. The summed E-state index contributed by atoms with van der Waals surface area (Å²) in [5.74, 6) is -0.213. The smallest absolute Gasteiger partial charge is 0.352 e. The maximum Gasteiger partial charge on any atom is 0.419 e. The molecular formula is C21H24F6N4O. The molecule has 0 bridgehead atoms. The molecule has 1 aromatic heterocycles. The van der Waals surface area contributed by atoms with Crippen LogP contribution in [0.3, 0.4) is 0 Å². The fraction of sp³-hybridized carbons (Fsp3) is 0.429. The number of pyridine rings is 1. The molecule has 0 saturated carbocycles. The lowest BCUT2D eigenvalue weighted by atomic mass is 10.1. The number of carbonyl (C=O) groups is 1. The van der Waals surface area contributed by atoms with E-state index in [9.17, 15) is 31.1 Å². The van der Waals surface area contributed by atoms with Crippen LogP contribution in [0.15, 0.2) is 36.5 Å². The van der Waals surface area contributed by atoms with Crippen molar-refractivity contribution < 1.29 is 31.1 Å². The second kappa shape index (κ2) is 9.25. The SMILES string of the molecule is C.Cc1ccc(NC(=O)N2CCN(c3ncccc3C(F)(F)F)C[C@H]2C)cc1C(F)(F)F. The number of amides is 2. The molecule has 1 aliphatic rings. The molecule has 5 nitrogen and oxygen atoms in total. The maximum atomic E-state index is 13.3. The van der Waals surface area contributed by atoms with Crippen LogP contribution in [0.2, 0.25) is 0 Å². The number of anilines is 2. The minimum absolute atomic E-state index is 0. The zero-order chi connectivity index (χ0) is 23.0. The number of piperazine rings is 1. The summed E-state index contributed by atoms with van der Waals surface area (Å²) in [7, 11) is 0. The molecule has 2 amide bonds. The van der Waals surface area contributed by atoms with Gasteiger partial charge in [0.05, 0.1) is 11.1 Å². The van der Waals surface area contributed by atoms with Crippen molar-refractivity contribution in [3.8, 4) is 0 Å². The molecule has 0 unspecified atom stereocenters. The van der Waals surface area contributed by atoms with E-state index in [4.69, 9.17) is 0 Å². The number of halogens is 6. The second-order valence-electron chi connectivity index (χ2n) is 7.32. The van der Waals surface area contributed by atoms with E-state index in [1.165, 1.54) is 41.1 Å². The highest BCUT2D eigenvalue weighted by molar-refractivity contribution is 5.90. The van der Waals surface area contributed by atoms with Crippen LogP contribution < -0.4 is 10.2 Å². The Hall–Kier alpha value is -2.98. The van der Waals surface area contributed by atoms with Crippen molar-refractivity contribution in [1.29, 1.82) is 0 Å². The van der Waals surface area contributed by atoms with E-state index in [2.05, 4.69) is 10.3 Å². The van der Waals surface area contributed by atoms with Crippen LogP contribution in [-0.2, 0) is 12.4 Å². The van der Waals surface area contributed by atoms with Gasteiger partial charge in [0.15, 0.2) is 0 Å². The predicted molar refractivity (Wildman–Crippen MR) is 110 cm³/mol. The fourth-order valence-electron chi connectivity index (χ4n) is 3.52. The topological polar surface area (TPSA) is 48.5 Å². The van der Waals surface area contributed by atoms with Crippen molar-refractivity contribution >= 4 is 17.5 Å². The molecule has 3 rings (SSSR count). The Morgan fingerprint density at radius 1 is 1.06 bits per heavy atom. The first-order valence-corrected chi connectivity index (χ1v) is 9.40. The summed E-state index contributed by atoms with van der Waals surface area (Å²) in [5, 5.41) is 2.44. The zero-order valence-electron chi connectivity index (χ0n) is 16.7. The van der Waals surface area contributed by atoms with Crippen LogP contribution in [0.25, 0.3) is 0 Å². The largest absolute Gasteiger partial charge is 0.419 e. The van der Waals surface area contributed by atoms with Gasteiger partial charge in [-0.15, -0.1) is 0 Å². The molecule has 1 saturated heterocycles. The number of rotatable bonds is 2. The van der Waals surface area contributed by atoms with E-state index >= 15 is 0 Å². The first-order valence-electron chi connectivity index (χ1n) is 9.40. The molecule has 32 heavy (non-hydrogen) atoms. The standard InChI is InChI=1S/C20H20F6N4O.CH4/c1-12-5-6-14(10-16(12)20(24,25)26)28-18(31)30-9-8-29(11-13(30)2)17-15(19(21,22)23)4-3-7-27-17;/h3-7,10,13H,8-9,11H2,1-2H3,(H,28,31);1H4/t13-;/m1./s1. The number of aromatic nitrogens is 1. The molecular weight excluding hydrogens is 438 g/mol. The highest BCUT2D eigenvalue weighted by Crippen LogP contribution is 2.36. The lowest BCUT2D eigenvalue weighted by molar-refractivity contribution is -0.138. The van der Waals surface area contributed by atoms with Crippen LogP contribution >= 0.6 is 0 Å². The van der Waals surface area contributed by atoms with Gasteiger partial charge >= 0.3 is 18.4 Å². The van der Waals surface area contributed by atoms with E-state index < -0.39 is 35.6 Å². The van der Waals surface area contributed by atoms with Crippen molar-refractivity contribution in [3.05, 3.63) is 53.2 Å². The fourth-order valence-corrected chi connectivity index (χ4v) is 3.52. The molecule has 0 spiro atoms. The van der Waals surface area contributed by atoms with E-state index in [0.717, 1.165) is 12.1 Å². The normalized spacial score (nSPS) is 17.1. The Kier molecular flexibility index (Phi) is 7.31. The molecule has 11 heteroatoms. The van der Waals surface area contributed by atoms with Gasteiger partial charge in [-0.1, -0.05) is 13.5 Å². The minimum Gasteiger partial charge on any atom is -0.352 e. The summed E-state index contributed by atoms with van der Waals surface area (Å²) in [5.41, 5.74) is -1.69. The second-order valence-corrected chi connectivity index (χ2v) is 7.32. The lowest BCUT2D eigenvalue weighted by Crippen LogP contribution is -2.55. The van der Waals surface area contributed by atoms with Crippen LogP contribution in [-0.4, -0.2) is 41.6 Å². The minimum atomic E-state index is -4.57. The Morgan fingerprint density at radius 2 is 1.72 bits per heavy atom. The van der Waals surface area contributed by atoms with E-state index in [1.54, 1.807) is 6.92 Å². The number of benzene rings is 1. The summed E-state index contributed by atoms with van der Waals surface area (Å²) in [6.45, 7) is 3.24. The van der Waals surface area contributed by atoms with Crippen LogP contribution in [0, 0.1) is 6.92 Å². The molecule has 1 aromatic carbocycles. The van der Waals surface area contributed by atoms with Crippen molar-refractivity contribution in [1.82, 2.24) is 9.88 Å². The average molecular weight is 462 g/mol. The number of nitrogens with one attached hydrogen (secondary N) is 1. The van der Waals surface area contributed by atoms with Crippen molar-refractivity contribution in [2.24, 2.45) is 0 Å². The summed E-state index contributed by atoms with van der Waals surface area (Å²) < 4.78 is 79.1. The molecule has 0 radical (unpaired) electrons. The molecule has 1 aliphatic heterocycles. The first-order chi connectivity index (χ1) is 14.4. The Labute approximate surface area is 182 Å². The zero-order valence-corrected chi connectivity index (χ0v) is 16.7. The van der Waals surface area contributed by atoms with Crippen molar-refractivity contribution in [2.45, 2.75) is 39.7 Å². The third-order valence-electron chi connectivity index (χ3n) is 5.07. The first kappa shape index (κ1) is 25.3. The number of carbonyl (C=O) groups excluding carboxylic acids is 1. The van der Waals surface area contributed by atoms with Gasteiger partial charge in [-0.2, -0.15) is 26.3 Å². The molecule has 2 aromatic rings.